The molecule has 0 aliphatic carbocycles. The van der Waals surface area contributed by atoms with Crippen LogP contribution in [-0.4, -0.2) is 31.1 Å². The zero-order valence-corrected chi connectivity index (χ0v) is 15.8. The molecule has 146 valence electrons. The van der Waals surface area contributed by atoms with Gasteiger partial charge < -0.3 is 14.8 Å². The van der Waals surface area contributed by atoms with Gasteiger partial charge in [0.25, 0.3) is 5.91 Å². The van der Waals surface area contributed by atoms with Crippen LogP contribution in [0.2, 0.25) is 5.02 Å². The topological polar surface area (TPSA) is 81.7 Å². The van der Waals surface area contributed by atoms with Crippen LogP contribution in [0.3, 0.4) is 0 Å². The molecular formula is C20H17ClFNO5. The summed E-state index contributed by atoms with van der Waals surface area (Å²) in [7, 11) is 1.28. The number of benzene rings is 2. The van der Waals surface area contributed by atoms with Gasteiger partial charge in [-0.15, -0.1) is 0 Å². The number of carbonyl (C=O) groups is 3. The Hall–Kier alpha value is -3.19. The van der Waals surface area contributed by atoms with E-state index in [-0.39, 0.29) is 10.7 Å². The van der Waals surface area contributed by atoms with Crippen molar-refractivity contribution in [1.29, 1.82) is 0 Å². The average Bonchev–Trinajstić information content (AvgIpc) is 2.68. The smallest absolute Gasteiger partial charge is 0.337 e. The van der Waals surface area contributed by atoms with Gasteiger partial charge in [-0.3, -0.25) is 4.79 Å². The lowest BCUT2D eigenvalue weighted by molar-refractivity contribution is -0.148. The largest absolute Gasteiger partial charge is 0.465 e. The molecule has 1 atom stereocenters. The van der Waals surface area contributed by atoms with Crippen molar-refractivity contribution < 1.29 is 28.2 Å². The lowest BCUT2D eigenvalue weighted by atomic mass is 10.1. The van der Waals surface area contributed by atoms with Crippen LogP contribution in [0.25, 0.3) is 6.08 Å². The number of hydrogen-bond acceptors (Lipinski definition) is 5. The Balaban J connectivity index is 1.91. The van der Waals surface area contributed by atoms with Gasteiger partial charge in [-0.2, -0.15) is 0 Å². The summed E-state index contributed by atoms with van der Waals surface area (Å²) >= 11 is 5.65. The summed E-state index contributed by atoms with van der Waals surface area (Å²) in [6.07, 6.45) is 1.46. The van der Waals surface area contributed by atoms with Crippen LogP contribution < -0.4 is 5.32 Å². The van der Waals surface area contributed by atoms with Crippen LogP contribution in [0.4, 0.5) is 10.1 Å². The van der Waals surface area contributed by atoms with Gasteiger partial charge in [0.05, 0.1) is 18.4 Å². The molecule has 1 N–H and O–H groups in total. The molecule has 0 aliphatic rings. The second-order valence-electron chi connectivity index (χ2n) is 5.64. The Morgan fingerprint density at radius 3 is 2.43 bits per heavy atom. The first kappa shape index (κ1) is 21.1. The fourth-order valence-electron chi connectivity index (χ4n) is 2.10. The predicted molar refractivity (Wildman–Crippen MR) is 102 cm³/mol. The maximum atomic E-state index is 13.7. The van der Waals surface area contributed by atoms with Crippen LogP contribution in [0.15, 0.2) is 48.5 Å². The number of nitrogens with one attached hydrogen (secondary N) is 1. The summed E-state index contributed by atoms with van der Waals surface area (Å²) in [6.45, 7) is 1.36. The van der Waals surface area contributed by atoms with Gasteiger partial charge in [0.1, 0.15) is 5.82 Å². The molecule has 0 aliphatic heterocycles. The van der Waals surface area contributed by atoms with Crippen LogP contribution in [0.5, 0.6) is 0 Å². The van der Waals surface area contributed by atoms with Crippen molar-refractivity contribution in [1.82, 2.24) is 0 Å². The molecule has 28 heavy (non-hydrogen) atoms. The first-order valence-electron chi connectivity index (χ1n) is 8.13. The summed E-state index contributed by atoms with van der Waals surface area (Å²) in [5, 5.41) is 2.52. The van der Waals surface area contributed by atoms with E-state index in [1.165, 1.54) is 32.2 Å². The highest BCUT2D eigenvalue weighted by atomic mass is 35.5. The molecule has 2 aromatic carbocycles. The van der Waals surface area contributed by atoms with E-state index in [4.69, 9.17) is 16.3 Å². The van der Waals surface area contributed by atoms with Crippen LogP contribution in [-0.2, 0) is 19.1 Å². The fraction of sp³-hybridized carbons (Fsp3) is 0.150. The van der Waals surface area contributed by atoms with Crippen LogP contribution in [0.1, 0.15) is 22.8 Å². The number of anilines is 1. The van der Waals surface area contributed by atoms with Crippen molar-refractivity contribution in [3.05, 3.63) is 70.5 Å². The Morgan fingerprint density at radius 2 is 1.82 bits per heavy atom. The quantitative estimate of drug-likeness (QED) is 0.583. The summed E-state index contributed by atoms with van der Waals surface area (Å²) in [4.78, 5) is 35.3. The number of carbonyl (C=O) groups excluding carboxylic acids is 3. The number of halogens is 2. The first-order chi connectivity index (χ1) is 13.3. The van der Waals surface area contributed by atoms with E-state index >= 15 is 0 Å². The van der Waals surface area contributed by atoms with Crippen molar-refractivity contribution in [2.75, 3.05) is 12.4 Å². The molecular weight excluding hydrogens is 389 g/mol. The lowest BCUT2D eigenvalue weighted by Gasteiger charge is -2.13. The third-order valence-corrected chi connectivity index (χ3v) is 3.83. The number of esters is 2. The third kappa shape index (κ3) is 5.92. The molecule has 8 heteroatoms. The standard InChI is InChI=1S/C20H17ClFNO5/c1-12(19(25)23-17-9-8-15(21)11-16(17)22)28-18(24)10-5-13-3-6-14(7-4-13)20(26)27-2/h3-12H,1-2H3,(H,23,25)/b10-5+/t12-/m0/s1. The highest BCUT2D eigenvalue weighted by Crippen LogP contribution is 2.19. The van der Waals surface area contributed by atoms with Gasteiger partial charge in [-0.1, -0.05) is 23.7 Å². The zero-order chi connectivity index (χ0) is 20.7. The monoisotopic (exact) mass is 405 g/mol. The molecule has 0 unspecified atom stereocenters. The van der Waals surface area contributed by atoms with Crippen LogP contribution in [0, 0.1) is 5.82 Å². The molecule has 6 nitrogen and oxygen atoms in total. The van der Waals surface area contributed by atoms with Crippen molar-refractivity contribution in [2.45, 2.75) is 13.0 Å². The maximum absolute atomic E-state index is 13.7. The Labute approximate surface area is 165 Å². The normalized spacial score (nSPS) is 11.7. The Kier molecular flexibility index (Phi) is 7.28. The molecule has 0 bridgehead atoms. The molecule has 2 rings (SSSR count). The molecule has 1 amide bonds. The van der Waals surface area contributed by atoms with Crippen molar-refractivity contribution in [3.8, 4) is 0 Å². The number of rotatable bonds is 6. The average molecular weight is 406 g/mol. The highest BCUT2D eigenvalue weighted by molar-refractivity contribution is 6.30. The molecule has 0 aromatic heterocycles. The van der Waals surface area contributed by atoms with E-state index < -0.39 is 29.8 Å². The van der Waals surface area contributed by atoms with Crippen LogP contribution >= 0.6 is 11.6 Å². The van der Waals surface area contributed by atoms with E-state index in [0.29, 0.717) is 11.1 Å². The van der Waals surface area contributed by atoms with Crippen molar-refractivity contribution in [2.24, 2.45) is 0 Å². The maximum Gasteiger partial charge on any atom is 0.337 e. The van der Waals surface area contributed by atoms with E-state index in [1.807, 2.05) is 0 Å². The molecule has 0 saturated carbocycles. The molecule has 0 radical (unpaired) electrons. The summed E-state index contributed by atoms with van der Waals surface area (Å²) in [5.41, 5.74) is 0.949. The van der Waals surface area contributed by atoms with E-state index in [9.17, 15) is 18.8 Å². The second-order valence-corrected chi connectivity index (χ2v) is 6.08. The Bertz CT molecular complexity index is 911. The lowest BCUT2D eigenvalue weighted by Crippen LogP contribution is -2.29. The molecule has 2 aromatic rings. The predicted octanol–water partition coefficient (Wildman–Crippen LogP) is 3.85. The number of hydrogen-bond donors (Lipinski definition) is 1. The van der Waals surface area contributed by atoms with Crippen molar-refractivity contribution >= 4 is 41.2 Å². The number of methoxy groups -OCH3 is 1. The summed E-state index contributed by atoms with van der Waals surface area (Å²) < 4.78 is 23.3. The van der Waals surface area contributed by atoms with Gasteiger partial charge >= 0.3 is 11.9 Å². The third-order valence-electron chi connectivity index (χ3n) is 3.59. The minimum atomic E-state index is -1.14. The molecule has 0 fully saturated rings. The second kappa shape index (κ2) is 9.66. The number of amides is 1. The van der Waals surface area contributed by atoms with Gasteiger partial charge in [0.15, 0.2) is 6.10 Å². The fourth-order valence-corrected chi connectivity index (χ4v) is 2.26. The molecule has 0 heterocycles. The zero-order valence-electron chi connectivity index (χ0n) is 15.1. The minimum absolute atomic E-state index is 0.0708. The van der Waals surface area contributed by atoms with Gasteiger partial charge in [-0.25, -0.2) is 14.0 Å². The van der Waals surface area contributed by atoms with Gasteiger partial charge in [0.2, 0.25) is 0 Å². The Morgan fingerprint density at radius 1 is 1.14 bits per heavy atom. The SMILES string of the molecule is COC(=O)c1ccc(/C=C/C(=O)O[C@@H](C)C(=O)Nc2ccc(Cl)cc2F)cc1. The summed E-state index contributed by atoms with van der Waals surface area (Å²) in [5.74, 6) is -2.61. The highest BCUT2D eigenvalue weighted by Gasteiger charge is 2.18. The molecule has 0 spiro atoms. The summed E-state index contributed by atoms with van der Waals surface area (Å²) in [6, 6.07) is 10.1. The minimum Gasteiger partial charge on any atom is -0.465 e. The van der Waals surface area contributed by atoms with Crippen molar-refractivity contribution in [3.63, 3.8) is 0 Å². The van der Waals surface area contributed by atoms with Gasteiger partial charge in [0, 0.05) is 11.1 Å². The molecule has 0 saturated heterocycles. The first-order valence-corrected chi connectivity index (χ1v) is 8.51. The number of ether oxygens (including phenoxy) is 2. The van der Waals surface area contributed by atoms with E-state index in [0.717, 1.165) is 12.1 Å². The van der Waals surface area contributed by atoms with Gasteiger partial charge in [-0.05, 0) is 48.9 Å². The van der Waals surface area contributed by atoms with E-state index in [1.54, 1.807) is 24.3 Å². The van der Waals surface area contributed by atoms with E-state index in [2.05, 4.69) is 10.1 Å².